The SMILES string of the molecule is CC(C)(C)c1cc[n+]2c(c1)-c1ccc3c4c1C21c2c(cccc2C4=CC3)Oc2cccc[n+]21. The number of pyridine rings is 2. The molecule has 0 bridgehead atoms. The first kappa shape index (κ1) is 17.8. The molecule has 158 valence electrons. The van der Waals surface area contributed by atoms with Crippen molar-refractivity contribution in [2.24, 2.45) is 0 Å². The summed E-state index contributed by atoms with van der Waals surface area (Å²) in [7, 11) is 0. The summed E-state index contributed by atoms with van der Waals surface area (Å²) in [5.74, 6) is 1.82. The Bertz CT molecular complexity index is 1600. The Morgan fingerprint density at radius 1 is 0.848 bits per heavy atom. The summed E-state index contributed by atoms with van der Waals surface area (Å²) in [5.41, 5.74) is 11.7. The molecule has 3 heteroatoms. The summed E-state index contributed by atoms with van der Waals surface area (Å²) in [6.45, 7) is 6.87. The molecule has 1 spiro atoms. The van der Waals surface area contributed by atoms with Crippen molar-refractivity contribution >= 4 is 5.57 Å². The monoisotopic (exact) mass is 428 g/mol. The van der Waals surface area contributed by atoms with Gasteiger partial charge >= 0.3 is 11.5 Å². The van der Waals surface area contributed by atoms with E-state index in [1.54, 1.807) is 0 Å². The van der Waals surface area contributed by atoms with Crippen LogP contribution in [0.4, 0.5) is 0 Å². The maximum absolute atomic E-state index is 6.51. The summed E-state index contributed by atoms with van der Waals surface area (Å²) in [5, 5.41) is 0. The molecule has 2 aliphatic heterocycles. The first-order valence-corrected chi connectivity index (χ1v) is 11.8. The van der Waals surface area contributed by atoms with Crippen LogP contribution in [0.2, 0.25) is 0 Å². The smallest absolute Gasteiger partial charge is 0.404 e. The molecule has 2 aromatic carbocycles. The zero-order valence-electron chi connectivity index (χ0n) is 19.0. The van der Waals surface area contributed by atoms with Gasteiger partial charge in [-0.15, -0.1) is 4.57 Å². The number of hydrogen-bond donors (Lipinski definition) is 0. The number of ether oxygens (including phenoxy) is 1. The molecule has 0 N–H and O–H groups in total. The number of rotatable bonds is 0. The predicted octanol–water partition coefficient (Wildman–Crippen LogP) is 5.24. The molecule has 0 radical (unpaired) electrons. The fourth-order valence-corrected chi connectivity index (χ4v) is 6.53. The van der Waals surface area contributed by atoms with Crippen LogP contribution in [0.25, 0.3) is 16.8 Å². The summed E-state index contributed by atoms with van der Waals surface area (Å²) < 4.78 is 11.4. The van der Waals surface area contributed by atoms with Gasteiger partial charge in [-0.25, -0.2) is 0 Å². The first-order chi connectivity index (χ1) is 16.0. The van der Waals surface area contributed by atoms with Crippen LogP contribution in [0.1, 0.15) is 54.2 Å². The second-order valence-electron chi connectivity index (χ2n) is 10.6. The van der Waals surface area contributed by atoms with Crippen LogP contribution in [0.3, 0.4) is 0 Å². The maximum atomic E-state index is 6.51. The van der Waals surface area contributed by atoms with Gasteiger partial charge in [0.2, 0.25) is 5.69 Å². The number of fused-ring (bicyclic) bond motifs is 4. The third-order valence-electron chi connectivity index (χ3n) is 7.93. The summed E-state index contributed by atoms with van der Waals surface area (Å²) in [4.78, 5) is 0. The molecule has 1 unspecified atom stereocenters. The van der Waals surface area contributed by atoms with E-state index < -0.39 is 5.66 Å². The number of hydrogen-bond acceptors (Lipinski definition) is 1. The molecule has 0 fully saturated rings. The minimum atomic E-state index is -0.491. The van der Waals surface area contributed by atoms with Crippen LogP contribution in [-0.4, -0.2) is 0 Å². The quantitative estimate of drug-likeness (QED) is 0.302. The standard InChI is InChI=1S/C30H24N2O/c1-29(2,3)19-14-16-31-23(17-19)22-13-11-18-10-12-20-21-7-6-8-24-27(21)30(31,28(22)26(18)20)32-15-5-4-9-25(32)33-24/h4-9,11-17H,10H2,1-3H3/q+2. The Morgan fingerprint density at radius 3 is 2.64 bits per heavy atom. The molecular formula is C30H24N2O+2. The molecule has 1 atom stereocenters. The summed E-state index contributed by atoms with van der Waals surface area (Å²) in [6, 6.07) is 22.2. The van der Waals surface area contributed by atoms with Gasteiger partial charge in [-0.3, -0.25) is 0 Å². The van der Waals surface area contributed by atoms with E-state index in [-0.39, 0.29) is 5.41 Å². The third kappa shape index (κ3) is 1.87. The highest BCUT2D eigenvalue weighted by Crippen LogP contribution is 2.57. The van der Waals surface area contributed by atoms with Crippen molar-refractivity contribution in [3.05, 3.63) is 113 Å². The second-order valence-corrected chi connectivity index (χ2v) is 10.6. The molecule has 2 aromatic heterocycles. The lowest BCUT2D eigenvalue weighted by molar-refractivity contribution is -0.966. The number of aromatic nitrogens is 2. The van der Waals surface area contributed by atoms with Gasteiger partial charge < -0.3 is 4.74 Å². The van der Waals surface area contributed by atoms with E-state index >= 15 is 0 Å². The van der Waals surface area contributed by atoms with Crippen molar-refractivity contribution in [2.45, 2.75) is 38.3 Å². The van der Waals surface area contributed by atoms with Gasteiger partial charge in [-0.1, -0.05) is 49.6 Å². The third-order valence-corrected chi connectivity index (χ3v) is 7.93. The van der Waals surface area contributed by atoms with Gasteiger partial charge in [0.1, 0.15) is 5.56 Å². The van der Waals surface area contributed by atoms with Crippen LogP contribution in [-0.2, 0) is 17.5 Å². The second kappa shape index (κ2) is 5.43. The highest BCUT2D eigenvalue weighted by molar-refractivity contribution is 5.95. The summed E-state index contributed by atoms with van der Waals surface area (Å²) >= 11 is 0. The molecule has 3 nitrogen and oxygen atoms in total. The Balaban J connectivity index is 1.63. The van der Waals surface area contributed by atoms with Crippen molar-refractivity contribution in [1.82, 2.24) is 0 Å². The van der Waals surface area contributed by atoms with Crippen molar-refractivity contribution in [3.63, 3.8) is 0 Å². The molecule has 33 heavy (non-hydrogen) atoms. The van der Waals surface area contributed by atoms with Crippen molar-refractivity contribution in [3.8, 4) is 22.9 Å². The van der Waals surface area contributed by atoms with E-state index in [0.717, 1.165) is 18.1 Å². The molecule has 4 aromatic rings. The molecule has 8 rings (SSSR count). The molecule has 0 amide bonds. The predicted molar refractivity (Wildman–Crippen MR) is 126 cm³/mol. The number of allylic oxidation sites excluding steroid dienone is 1. The zero-order chi connectivity index (χ0) is 22.1. The molecule has 2 aliphatic carbocycles. The van der Waals surface area contributed by atoms with E-state index in [2.05, 4.69) is 109 Å². The van der Waals surface area contributed by atoms with Crippen LogP contribution < -0.4 is 13.9 Å². The largest absolute Gasteiger partial charge is 0.424 e. The van der Waals surface area contributed by atoms with E-state index in [4.69, 9.17) is 4.74 Å². The summed E-state index contributed by atoms with van der Waals surface area (Å²) in [6.07, 6.45) is 7.88. The zero-order valence-corrected chi connectivity index (χ0v) is 19.0. The highest BCUT2D eigenvalue weighted by atomic mass is 16.5. The highest BCUT2D eigenvalue weighted by Gasteiger charge is 2.69. The Kier molecular flexibility index (Phi) is 2.93. The fourth-order valence-electron chi connectivity index (χ4n) is 6.53. The van der Waals surface area contributed by atoms with E-state index in [0.29, 0.717) is 0 Å². The van der Waals surface area contributed by atoms with Gasteiger partial charge in [0.15, 0.2) is 23.7 Å². The van der Waals surface area contributed by atoms with Crippen molar-refractivity contribution < 1.29 is 13.9 Å². The average molecular weight is 429 g/mol. The average Bonchev–Trinajstić information content (AvgIpc) is 3.36. The Hall–Kier alpha value is -3.72. The van der Waals surface area contributed by atoms with E-state index in [1.165, 1.54) is 50.2 Å². The lowest BCUT2D eigenvalue weighted by Gasteiger charge is -2.33. The van der Waals surface area contributed by atoms with Gasteiger partial charge in [0, 0.05) is 29.3 Å². The van der Waals surface area contributed by atoms with E-state index in [9.17, 15) is 0 Å². The minimum Gasteiger partial charge on any atom is -0.404 e. The Labute approximate surface area is 193 Å². The number of benzene rings is 2. The maximum Gasteiger partial charge on any atom is 0.424 e. The van der Waals surface area contributed by atoms with Gasteiger partial charge in [0.05, 0.1) is 11.6 Å². The molecular weight excluding hydrogens is 404 g/mol. The normalized spacial score (nSPS) is 19.8. The fraction of sp³-hybridized carbons (Fsp3) is 0.200. The van der Waals surface area contributed by atoms with Gasteiger partial charge in [-0.05, 0) is 46.7 Å². The van der Waals surface area contributed by atoms with Crippen LogP contribution in [0, 0.1) is 0 Å². The Morgan fingerprint density at radius 2 is 1.76 bits per heavy atom. The molecule has 0 saturated carbocycles. The molecule has 0 saturated heterocycles. The lowest BCUT2D eigenvalue weighted by atomic mass is 9.73. The minimum absolute atomic E-state index is 0.0806. The van der Waals surface area contributed by atoms with Crippen LogP contribution >= 0.6 is 0 Å². The van der Waals surface area contributed by atoms with Crippen molar-refractivity contribution in [1.29, 1.82) is 0 Å². The number of nitrogens with zero attached hydrogens (tertiary/aromatic N) is 2. The molecule has 4 heterocycles. The van der Waals surface area contributed by atoms with Crippen LogP contribution in [0.5, 0.6) is 11.6 Å². The van der Waals surface area contributed by atoms with Crippen molar-refractivity contribution in [2.75, 3.05) is 0 Å². The lowest BCUT2D eigenvalue weighted by Crippen LogP contribution is -2.75. The topological polar surface area (TPSA) is 17.0 Å². The van der Waals surface area contributed by atoms with Gasteiger partial charge in [-0.2, -0.15) is 0 Å². The van der Waals surface area contributed by atoms with E-state index in [1.807, 2.05) is 0 Å². The van der Waals surface area contributed by atoms with Gasteiger partial charge in [0.25, 0.3) is 0 Å². The molecule has 4 aliphatic rings. The first-order valence-electron chi connectivity index (χ1n) is 11.8. The van der Waals surface area contributed by atoms with Crippen LogP contribution in [0.15, 0.2) is 79.1 Å².